The van der Waals surface area contributed by atoms with Crippen LogP contribution in [-0.4, -0.2) is 15.7 Å². The molecule has 1 heterocycles. The summed E-state index contributed by atoms with van der Waals surface area (Å²) in [5.41, 5.74) is 3.34. The van der Waals surface area contributed by atoms with Crippen LogP contribution in [0.5, 0.6) is 0 Å². The fraction of sp³-hybridized carbons (Fsp3) is 0.467. The van der Waals surface area contributed by atoms with E-state index in [4.69, 9.17) is 4.42 Å². The van der Waals surface area contributed by atoms with E-state index in [1.807, 2.05) is 6.92 Å². The topological polar surface area (TPSA) is 63.0 Å². The van der Waals surface area contributed by atoms with Gasteiger partial charge in [0.05, 0.1) is 6.54 Å². The van der Waals surface area contributed by atoms with E-state index < -0.39 is 0 Å². The molecule has 0 amide bonds. The highest BCUT2D eigenvalue weighted by atomic mass is 16.4. The van der Waals surface area contributed by atoms with Gasteiger partial charge in [0, 0.05) is 11.2 Å². The molecular formula is C15H22N4O. The summed E-state index contributed by atoms with van der Waals surface area (Å²) < 4.78 is 5.58. The number of anilines is 2. The summed E-state index contributed by atoms with van der Waals surface area (Å²) in [6, 6.07) is 6.62. The summed E-state index contributed by atoms with van der Waals surface area (Å²) in [7, 11) is 0. The van der Waals surface area contributed by atoms with Crippen molar-refractivity contribution in [3.05, 3.63) is 35.2 Å². The molecule has 0 saturated carbocycles. The lowest BCUT2D eigenvalue weighted by Crippen LogP contribution is -2.35. The highest BCUT2D eigenvalue weighted by Gasteiger charge is 2.12. The molecule has 0 aliphatic carbocycles. The Morgan fingerprint density at radius 1 is 1.15 bits per heavy atom. The van der Waals surface area contributed by atoms with Gasteiger partial charge in [-0.1, -0.05) is 17.2 Å². The van der Waals surface area contributed by atoms with E-state index in [1.54, 1.807) is 0 Å². The summed E-state index contributed by atoms with van der Waals surface area (Å²) >= 11 is 0. The van der Waals surface area contributed by atoms with Gasteiger partial charge in [0.15, 0.2) is 0 Å². The number of aryl methyl sites for hydroxylation is 2. The van der Waals surface area contributed by atoms with Gasteiger partial charge in [0.25, 0.3) is 0 Å². The Labute approximate surface area is 119 Å². The second kappa shape index (κ2) is 5.63. The summed E-state index contributed by atoms with van der Waals surface area (Å²) in [6.45, 7) is 10.9. The van der Waals surface area contributed by atoms with Crippen LogP contribution in [0.4, 0.5) is 11.7 Å². The second-order valence-corrected chi connectivity index (χ2v) is 6.05. The molecule has 5 heteroatoms. The van der Waals surface area contributed by atoms with Crippen molar-refractivity contribution in [3.8, 4) is 0 Å². The van der Waals surface area contributed by atoms with E-state index in [2.05, 4.69) is 66.7 Å². The molecule has 0 aliphatic heterocycles. The fourth-order valence-electron chi connectivity index (χ4n) is 1.70. The lowest BCUT2D eigenvalue weighted by molar-refractivity contribution is 0.384. The van der Waals surface area contributed by atoms with Crippen molar-refractivity contribution in [2.24, 2.45) is 0 Å². The summed E-state index contributed by atoms with van der Waals surface area (Å²) in [5.74, 6) is 0.577. The molecule has 0 saturated heterocycles. The SMILES string of the molecule is Cc1ccc(C)c(Nc2nnc(CNC(C)(C)C)o2)c1. The van der Waals surface area contributed by atoms with Crippen LogP contribution in [0.2, 0.25) is 0 Å². The van der Waals surface area contributed by atoms with Crippen LogP contribution in [0.15, 0.2) is 22.6 Å². The number of aromatic nitrogens is 2. The first-order valence-corrected chi connectivity index (χ1v) is 6.75. The van der Waals surface area contributed by atoms with Crippen LogP contribution < -0.4 is 10.6 Å². The molecule has 2 N–H and O–H groups in total. The quantitative estimate of drug-likeness (QED) is 0.895. The molecule has 0 unspecified atom stereocenters. The van der Waals surface area contributed by atoms with Gasteiger partial charge in [-0.3, -0.25) is 0 Å². The summed E-state index contributed by atoms with van der Waals surface area (Å²) in [4.78, 5) is 0. The Morgan fingerprint density at radius 2 is 1.90 bits per heavy atom. The van der Waals surface area contributed by atoms with Crippen molar-refractivity contribution in [3.63, 3.8) is 0 Å². The highest BCUT2D eigenvalue weighted by Crippen LogP contribution is 2.21. The normalized spacial score (nSPS) is 11.7. The van der Waals surface area contributed by atoms with Crippen molar-refractivity contribution in [1.29, 1.82) is 0 Å². The molecular weight excluding hydrogens is 252 g/mol. The van der Waals surface area contributed by atoms with Gasteiger partial charge in [0.1, 0.15) is 0 Å². The minimum absolute atomic E-state index is 0.0230. The molecule has 5 nitrogen and oxygen atoms in total. The summed E-state index contributed by atoms with van der Waals surface area (Å²) in [6.07, 6.45) is 0. The predicted octanol–water partition coefficient (Wildman–Crippen LogP) is 3.32. The maximum Gasteiger partial charge on any atom is 0.320 e. The number of nitrogens with zero attached hydrogens (tertiary/aromatic N) is 2. The first-order valence-electron chi connectivity index (χ1n) is 6.75. The third-order valence-electron chi connectivity index (χ3n) is 2.87. The van der Waals surface area contributed by atoms with Crippen molar-refractivity contribution in [2.75, 3.05) is 5.32 Å². The van der Waals surface area contributed by atoms with Gasteiger partial charge in [0.2, 0.25) is 5.89 Å². The van der Waals surface area contributed by atoms with E-state index in [0.717, 1.165) is 11.3 Å². The Morgan fingerprint density at radius 3 is 2.60 bits per heavy atom. The molecule has 0 fully saturated rings. The fourth-order valence-corrected chi connectivity index (χ4v) is 1.70. The Balaban J connectivity index is 2.04. The van der Waals surface area contributed by atoms with Gasteiger partial charge >= 0.3 is 6.01 Å². The number of hydrogen-bond acceptors (Lipinski definition) is 5. The van der Waals surface area contributed by atoms with E-state index in [-0.39, 0.29) is 5.54 Å². The van der Waals surface area contributed by atoms with Crippen LogP contribution in [0, 0.1) is 13.8 Å². The van der Waals surface area contributed by atoms with Crippen molar-refractivity contribution < 1.29 is 4.42 Å². The molecule has 1 aromatic carbocycles. The van der Waals surface area contributed by atoms with E-state index in [1.165, 1.54) is 5.56 Å². The van der Waals surface area contributed by atoms with Crippen molar-refractivity contribution >= 4 is 11.7 Å². The van der Waals surface area contributed by atoms with Crippen LogP contribution in [-0.2, 0) is 6.54 Å². The average molecular weight is 274 g/mol. The van der Waals surface area contributed by atoms with Gasteiger partial charge in [-0.25, -0.2) is 0 Å². The molecule has 2 aromatic rings. The maximum absolute atomic E-state index is 5.58. The average Bonchev–Trinajstić information content (AvgIpc) is 2.78. The predicted molar refractivity (Wildman–Crippen MR) is 80.1 cm³/mol. The minimum atomic E-state index is 0.0230. The van der Waals surface area contributed by atoms with Crippen LogP contribution in [0.1, 0.15) is 37.8 Å². The molecule has 0 bridgehead atoms. The first kappa shape index (κ1) is 14.5. The monoisotopic (exact) mass is 274 g/mol. The zero-order valence-electron chi connectivity index (χ0n) is 12.7. The maximum atomic E-state index is 5.58. The molecule has 2 rings (SSSR count). The Bertz CT molecular complexity index is 584. The summed E-state index contributed by atoms with van der Waals surface area (Å²) in [5, 5.41) is 14.5. The molecule has 0 atom stereocenters. The van der Waals surface area contributed by atoms with Crippen LogP contribution in [0.25, 0.3) is 0 Å². The van der Waals surface area contributed by atoms with E-state index in [0.29, 0.717) is 18.5 Å². The highest BCUT2D eigenvalue weighted by molar-refractivity contribution is 5.58. The molecule has 0 aliphatic rings. The third-order valence-corrected chi connectivity index (χ3v) is 2.87. The van der Waals surface area contributed by atoms with Gasteiger partial charge in [-0.15, -0.1) is 5.10 Å². The number of hydrogen-bond donors (Lipinski definition) is 2. The van der Waals surface area contributed by atoms with Crippen molar-refractivity contribution in [2.45, 2.75) is 46.7 Å². The molecule has 0 spiro atoms. The van der Waals surface area contributed by atoms with Gasteiger partial charge < -0.3 is 15.1 Å². The molecule has 108 valence electrons. The minimum Gasteiger partial charge on any atom is -0.406 e. The molecule has 1 aromatic heterocycles. The third kappa shape index (κ3) is 4.06. The number of benzene rings is 1. The zero-order valence-corrected chi connectivity index (χ0v) is 12.7. The first-order chi connectivity index (χ1) is 9.33. The second-order valence-electron chi connectivity index (χ2n) is 6.05. The Kier molecular flexibility index (Phi) is 4.09. The van der Waals surface area contributed by atoms with Crippen LogP contribution >= 0.6 is 0 Å². The van der Waals surface area contributed by atoms with Gasteiger partial charge in [-0.2, -0.15) is 0 Å². The van der Waals surface area contributed by atoms with E-state index >= 15 is 0 Å². The number of nitrogens with one attached hydrogen (secondary N) is 2. The zero-order chi connectivity index (χ0) is 14.8. The molecule has 0 radical (unpaired) electrons. The lowest BCUT2D eigenvalue weighted by Gasteiger charge is -2.18. The lowest BCUT2D eigenvalue weighted by atomic mass is 10.1. The van der Waals surface area contributed by atoms with Gasteiger partial charge in [-0.05, 0) is 51.8 Å². The molecule has 20 heavy (non-hydrogen) atoms. The van der Waals surface area contributed by atoms with Crippen molar-refractivity contribution in [1.82, 2.24) is 15.5 Å². The Hall–Kier alpha value is -1.88. The van der Waals surface area contributed by atoms with E-state index in [9.17, 15) is 0 Å². The standard InChI is InChI=1S/C15H22N4O/c1-10-6-7-11(2)12(8-10)17-14-19-18-13(20-14)9-16-15(3,4)5/h6-8,16H,9H2,1-5H3,(H,17,19). The smallest absolute Gasteiger partial charge is 0.320 e. The number of rotatable bonds is 4. The largest absolute Gasteiger partial charge is 0.406 e. The van der Waals surface area contributed by atoms with Crippen LogP contribution in [0.3, 0.4) is 0 Å².